The van der Waals surface area contributed by atoms with Gasteiger partial charge in [0.2, 0.25) is 0 Å². The Morgan fingerprint density at radius 1 is 1.11 bits per heavy atom. The van der Waals surface area contributed by atoms with Gasteiger partial charge in [-0.3, -0.25) is 14.3 Å². The maximum Gasteiger partial charge on any atom is 0.433 e. The number of alkyl halides is 3. The van der Waals surface area contributed by atoms with Crippen molar-refractivity contribution in [2.75, 3.05) is 11.9 Å². The lowest BCUT2D eigenvalue weighted by molar-refractivity contribution is -0.141. The summed E-state index contributed by atoms with van der Waals surface area (Å²) in [5.74, 6) is 0.00123. The number of rotatable bonds is 6. The highest BCUT2D eigenvalue weighted by Gasteiger charge is 2.35. The van der Waals surface area contributed by atoms with Crippen molar-refractivity contribution in [1.82, 2.24) is 9.55 Å². The van der Waals surface area contributed by atoms with Crippen molar-refractivity contribution in [3.63, 3.8) is 0 Å². The molecular formula is C25H25F4N3O3. The number of ether oxygens (including phenoxy) is 2. The van der Waals surface area contributed by atoms with Crippen LogP contribution in [0.1, 0.15) is 37.6 Å². The Kier molecular flexibility index (Phi) is 6.25. The molecule has 0 unspecified atom stereocenters. The monoisotopic (exact) mass is 491 g/mol. The summed E-state index contributed by atoms with van der Waals surface area (Å²) < 4.78 is 66.1. The first-order valence-electron chi connectivity index (χ1n) is 11.0. The fourth-order valence-corrected chi connectivity index (χ4v) is 3.98. The highest BCUT2D eigenvalue weighted by molar-refractivity contribution is 5.53. The van der Waals surface area contributed by atoms with E-state index in [1.54, 1.807) is 10.6 Å². The molecule has 0 bridgehead atoms. The highest BCUT2D eigenvalue weighted by atomic mass is 19.4. The van der Waals surface area contributed by atoms with E-state index in [0.29, 0.717) is 35.9 Å². The van der Waals surface area contributed by atoms with E-state index in [1.807, 2.05) is 38.8 Å². The van der Waals surface area contributed by atoms with Crippen LogP contribution in [0.15, 0.2) is 47.4 Å². The SMILES string of the molecule is CCc1c(OCc2ccc(Oc3ccnc(C(F)(F)F)c3)c(F)c2)cc2n(c1=O)CC(C)(C)N2C. The van der Waals surface area contributed by atoms with Gasteiger partial charge in [0.1, 0.15) is 29.6 Å². The summed E-state index contributed by atoms with van der Waals surface area (Å²) in [5, 5.41) is 0. The van der Waals surface area contributed by atoms with Crippen molar-refractivity contribution in [2.45, 2.75) is 52.1 Å². The zero-order chi connectivity index (χ0) is 25.5. The molecule has 0 saturated heterocycles. The zero-order valence-electron chi connectivity index (χ0n) is 19.7. The first-order chi connectivity index (χ1) is 16.4. The zero-order valence-corrected chi connectivity index (χ0v) is 19.7. The molecule has 6 nitrogen and oxygen atoms in total. The standard InChI is InChI=1S/C25H25F4N3O3/c1-5-17-20(12-22-31(4)24(2,3)14-32(22)23(17)33)34-13-15-6-7-19(18(26)10-15)35-16-8-9-30-21(11-16)25(27,28)29/h6-12H,5,13-14H2,1-4H3. The topological polar surface area (TPSA) is 56.6 Å². The van der Waals surface area contributed by atoms with E-state index in [4.69, 9.17) is 9.47 Å². The van der Waals surface area contributed by atoms with Crippen molar-refractivity contribution in [2.24, 2.45) is 0 Å². The molecule has 1 aliphatic heterocycles. The van der Waals surface area contributed by atoms with Crippen molar-refractivity contribution in [3.8, 4) is 17.2 Å². The predicted molar refractivity (Wildman–Crippen MR) is 123 cm³/mol. The smallest absolute Gasteiger partial charge is 0.433 e. The fraction of sp³-hybridized carbons (Fsp3) is 0.360. The number of hydrogen-bond donors (Lipinski definition) is 0. The molecule has 0 atom stereocenters. The predicted octanol–water partition coefficient (Wildman–Crippen LogP) is 5.56. The van der Waals surface area contributed by atoms with Gasteiger partial charge in [0, 0.05) is 25.4 Å². The number of halogens is 4. The van der Waals surface area contributed by atoms with Crippen LogP contribution in [0.25, 0.3) is 0 Å². The summed E-state index contributed by atoms with van der Waals surface area (Å²) in [6.45, 7) is 6.53. The molecule has 186 valence electrons. The van der Waals surface area contributed by atoms with Gasteiger partial charge in [-0.05, 0) is 44.0 Å². The number of aromatic nitrogens is 2. The highest BCUT2D eigenvalue weighted by Crippen LogP contribution is 2.35. The molecule has 0 aliphatic carbocycles. The minimum atomic E-state index is -4.64. The van der Waals surface area contributed by atoms with Crippen LogP contribution < -0.4 is 19.9 Å². The van der Waals surface area contributed by atoms with Gasteiger partial charge in [-0.1, -0.05) is 13.0 Å². The molecule has 3 aromatic rings. The average molecular weight is 491 g/mol. The number of anilines is 1. The lowest BCUT2D eigenvalue weighted by Gasteiger charge is -2.28. The van der Waals surface area contributed by atoms with Gasteiger partial charge in [0.15, 0.2) is 11.6 Å². The van der Waals surface area contributed by atoms with Crippen molar-refractivity contribution in [3.05, 3.63) is 75.6 Å². The summed E-state index contributed by atoms with van der Waals surface area (Å²) in [4.78, 5) is 18.3. The van der Waals surface area contributed by atoms with Crippen LogP contribution in [-0.2, 0) is 25.7 Å². The van der Waals surface area contributed by atoms with E-state index in [1.165, 1.54) is 18.2 Å². The Hall–Kier alpha value is -3.56. The van der Waals surface area contributed by atoms with Crippen LogP contribution in [0.2, 0.25) is 0 Å². The molecule has 0 amide bonds. The summed E-state index contributed by atoms with van der Waals surface area (Å²) in [5.41, 5.74) is -0.450. The number of nitrogens with zero attached hydrogens (tertiary/aromatic N) is 3. The third-order valence-corrected chi connectivity index (χ3v) is 6.13. The molecule has 0 N–H and O–H groups in total. The van der Waals surface area contributed by atoms with Crippen LogP contribution in [0.3, 0.4) is 0 Å². The van der Waals surface area contributed by atoms with E-state index >= 15 is 0 Å². The molecule has 1 aliphatic rings. The molecule has 3 heterocycles. The molecule has 2 aromatic heterocycles. The Bertz CT molecular complexity index is 1320. The van der Waals surface area contributed by atoms with Gasteiger partial charge < -0.3 is 14.4 Å². The molecule has 0 spiro atoms. The largest absolute Gasteiger partial charge is 0.488 e. The minimum Gasteiger partial charge on any atom is -0.488 e. The third kappa shape index (κ3) is 4.82. The Morgan fingerprint density at radius 3 is 2.51 bits per heavy atom. The fourth-order valence-electron chi connectivity index (χ4n) is 3.98. The summed E-state index contributed by atoms with van der Waals surface area (Å²) in [6.07, 6.45) is -3.21. The number of pyridine rings is 2. The maximum absolute atomic E-state index is 14.6. The second-order valence-electron chi connectivity index (χ2n) is 8.99. The molecule has 1 aromatic carbocycles. The third-order valence-electron chi connectivity index (χ3n) is 6.13. The van der Waals surface area contributed by atoms with E-state index in [-0.39, 0.29) is 29.2 Å². The molecule has 4 rings (SSSR count). The maximum atomic E-state index is 14.6. The molecule has 0 saturated carbocycles. The second-order valence-corrected chi connectivity index (χ2v) is 8.99. The van der Waals surface area contributed by atoms with Gasteiger partial charge in [0.05, 0.1) is 17.6 Å². The van der Waals surface area contributed by atoms with Crippen molar-refractivity contribution in [1.29, 1.82) is 0 Å². The minimum absolute atomic E-state index is 0.00627. The molecule has 0 fully saturated rings. The molecule has 35 heavy (non-hydrogen) atoms. The lowest BCUT2D eigenvalue weighted by atomic mass is 10.1. The van der Waals surface area contributed by atoms with Crippen LogP contribution in [0, 0.1) is 5.82 Å². The summed E-state index contributed by atoms with van der Waals surface area (Å²) >= 11 is 0. The van der Waals surface area contributed by atoms with Gasteiger partial charge in [-0.25, -0.2) is 4.39 Å². The Balaban J connectivity index is 1.52. The Labute approximate surface area is 199 Å². The molecule has 0 radical (unpaired) electrons. The normalized spacial score (nSPS) is 14.7. The Morgan fingerprint density at radius 2 is 1.86 bits per heavy atom. The molecule has 10 heteroatoms. The van der Waals surface area contributed by atoms with E-state index in [9.17, 15) is 22.4 Å². The number of fused-ring (bicyclic) bond motifs is 1. The number of hydrogen-bond acceptors (Lipinski definition) is 5. The van der Waals surface area contributed by atoms with Gasteiger partial charge >= 0.3 is 6.18 Å². The second kappa shape index (κ2) is 8.90. The van der Waals surface area contributed by atoms with E-state index in [2.05, 4.69) is 4.98 Å². The van der Waals surface area contributed by atoms with E-state index in [0.717, 1.165) is 12.0 Å². The lowest BCUT2D eigenvalue weighted by Crippen LogP contribution is -2.38. The van der Waals surface area contributed by atoms with Crippen LogP contribution in [0.4, 0.5) is 23.4 Å². The summed E-state index contributed by atoms with van der Waals surface area (Å²) in [7, 11) is 1.92. The van der Waals surface area contributed by atoms with Gasteiger partial charge in [-0.2, -0.15) is 13.2 Å². The van der Waals surface area contributed by atoms with Crippen LogP contribution in [-0.4, -0.2) is 22.1 Å². The van der Waals surface area contributed by atoms with Gasteiger partial charge in [-0.15, -0.1) is 0 Å². The van der Waals surface area contributed by atoms with E-state index < -0.39 is 17.7 Å². The van der Waals surface area contributed by atoms with Crippen molar-refractivity contribution < 1.29 is 27.0 Å². The number of likely N-dealkylation sites (N-methyl/N-ethyl adjacent to an activating group) is 1. The average Bonchev–Trinajstić information content (AvgIpc) is 3.03. The first-order valence-corrected chi connectivity index (χ1v) is 11.0. The number of benzene rings is 1. The van der Waals surface area contributed by atoms with Gasteiger partial charge in [0.25, 0.3) is 5.56 Å². The van der Waals surface area contributed by atoms with Crippen LogP contribution >= 0.6 is 0 Å². The van der Waals surface area contributed by atoms with Crippen molar-refractivity contribution >= 4 is 5.82 Å². The quantitative estimate of drug-likeness (QED) is 0.423. The molecular weight excluding hydrogens is 466 g/mol. The van der Waals surface area contributed by atoms with Crippen LogP contribution in [0.5, 0.6) is 17.2 Å². The first kappa shape index (κ1) is 24.6. The summed E-state index contributed by atoms with van der Waals surface area (Å²) in [6, 6.07) is 7.78.